The van der Waals surface area contributed by atoms with Crippen molar-refractivity contribution < 1.29 is 8.42 Å². The average molecular weight is 328 g/mol. The maximum atomic E-state index is 12.3. The molecule has 0 aromatic heterocycles. The fourth-order valence-electron chi connectivity index (χ4n) is 3.87. The van der Waals surface area contributed by atoms with Gasteiger partial charge in [0.2, 0.25) is 10.0 Å². The first-order valence-electron chi connectivity index (χ1n) is 7.73. The van der Waals surface area contributed by atoms with Gasteiger partial charge in [0.05, 0.1) is 4.90 Å². The highest BCUT2D eigenvalue weighted by Crippen LogP contribution is 2.48. The van der Waals surface area contributed by atoms with Crippen molar-refractivity contribution >= 4 is 21.6 Å². The number of fused-ring (bicyclic) bond motifs is 2. The van der Waals surface area contributed by atoms with Crippen molar-refractivity contribution in [3.05, 3.63) is 29.8 Å². The zero-order chi connectivity index (χ0) is 14.9. The van der Waals surface area contributed by atoms with E-state index in [1.165, 1.54) is 25.7 Å². The van der Waals surface area contributed by atoms with Crippen molar-refractivity contribution in [1.82, 2.24) is 4.72 Å². The van der Waals surface area contributed by atoms with Crippen LogP contribution < -0.4 is 4.72 Å². The van der Waals surface area contributed by atoms with E-state index < -0.39 is 10.0 Å². The predicted molar refractivity (Wildman–Crippen MR) is 85.0 cm³/mol. The number of benzene rings is 1. The van der Waals surface area contributed by atoms with Gasteiger partial charge in [0.25, 0.3) is 0 Å². The first kappa shape index (κ1) is 15.3. The number of rotatable bonds is 6. The number of alkyl halides is 1. The molecule has 2 aliphatic carbocycles. The minimum Gasteiger partial charge on any atom is -0.211 e. The molecular formula is C16H22ClNO2S. The molecule has 21 heavy (non-hydrogen) atoms. The lowest BCUT2D eigenvalue weighted by molar-refractivity contribution is 0.333. The second kappa shape index (κ2) is 6.27. The van der Waals surface area contributed by atoms with Crippen molar-refractivity contribution in [2.45, 2.75) is 37.0 Å². The van der Waals surface area contributed by atoms with E-state index in [9.17, 15) is 8.42 Å². The molecule has 2 fully saturated rings. The van der Waals surface area contributed by atoms with E-state index in [0.717, 1.165) is 23.8 Å². The van der Waals surface area contributed by atoms with Crippen LogP contribution in [-0.2, 0) is 16.4 Å². The zero-order valence-electron chi connectivity index (χ0n) is 12.1. The maximum absolute atomic E-state index is 12.3. The molecule has 3 rings (SSSR count). The molecule has 2 bridgehead atoms. The Morgan fingerprint density at radius 2 is 1.90 bits per heavy atom. The minimum absolute atomic E-state index is 0.351. The molecular weight excluding hydrogens is 306 g/mol. The first-order valence-corrected chi connectivity index (χ1v) is 9.75. The number of aryl methyl sites for hydroxylation is 1. The average Bonchev–Trinajstić information content (AvgIpc) is 3.09. The Balaban J connectivity index is 1.61. The van der Waals surface area contributed by atoms with Gasteiger partial charge in [-0.2, -0.15) is 0 Å². The molecule has 0 heterocycles. The smallest absolute Gasteiger partial charge is 0.211 e. The normalized spacial score (nSPS) is 28.1. The Hall–Kier alpha value is -0.580. The van der Waals surface area contributed by atoms with Crippen molar-refractivity contribution in [2.75, 3.05) is 12.4 Å². The summed E-state index contributed by atoms with van der Waals surface area (Å²) in [5.74, 6) is 2.67. The highest BCUT2D eigenvalue weighted by molar-refractivity contribution is 7.89. The van der Waals surface area contributed by atoms with E-state index in [4.69, 9.17) is 11.6 Å². The summed E-state index contributed by atoms with van der Waals surface area (Å²) >= 11 is 5.69. The molecule has 0 radical (unpaired) electrons. The maximum Gasteiger partial charge on any atom is 0.240 e. The zero-order valence-corrected chi connectivity index (χ0v) is 13.7. The van der Waals surface area contributed by atoms with E-state index in [2.05, 4.69) is 4.72 Å². The Morgan fingerprint density at radius 1 is 1.14 bits per heavy atom. The van der Waals surface area contributed by atoms with Crippen molar-refractivity contribution in [3.63, 3.8) is 0 Å². The topological polar surface area (TPSA) is 46.2 Å². The van der Waals surface area contributed by atoms with Gasteiger partial charge in [0.15, 0.2) is 0 Å². The summed E-state index contributed by atoms with van der Waals surface area (Å²) in [6.45, 7) is 0.590. The van der Waals surface area contributed by atoms with Crippen LogP contribution in [0.5, 0.6) is 0 Å². The molecule has 3 unspecified atom stereocenters. The molecule has 3 nitrogen and oxygen atoms in total. The van der Waals surface area contributed by atoms with Crippen molar-refractivity contribution in [2.24, 2.45) is 17.8 Å². The SMILES string of the molecule is O=S(=O)(NCC1CC2CCC1C2)c1ccc(CCCl)cc1. The Kier molecular flexibility index (Phi) is 4.57. The molecule has 0 aliphatic heterocycles. The number of nitrogens with one attached hydrogen (secondary N) is 1. The van der Waals surface area contributed by atoms with Crippen LogP contribution in [-0.4, -0.2) is 20.8 Å². The molecule has 3 atom stereocenters. The molecule has 0 saturated heterocycles. The summed E-state index contributed by atoms with van der Waals surface area (Å²) in [6.07, 6.45) is 5.89. The molecule has 5 heteroatoms. The van der Waals surface area contributed by atoms with Gasteiger partial charge in [-0.1, -0.05) is 18.6 Å². The summed E-state index contributed by atoms with van der Waals surface area (Å²) in [5, 5.41) is 0. The van der Waals surface area contributed by atoms with Crippen LogP contribution in [0.25, 0.3) is 0 Å². The van der Waals surface area contributed by atoms with Crippen LogP contribution in [0.2, 0.25) is 0 Å². The molecule has 0 amide bonds. The third-order valence-corrected chi connectivity index (χ3v) is 6.67. The Labute approximate surface area is 132 Å². The van der Waals surface area contributed by atoms with E-state index in [1.54, 1.807) is 12.1 Å². The van der Waals surface area contributed by atoms with E-state index in [0.29, 0.717) is 23.2 Å². The van der Waals surface area contributed by atoms with Crippen LogP contribution >= 0.6 is 11.6 Å². The molecule has 1 N–H and O–H groups in total. The summed E-state index contributed by atoms with van der Waals surface area (Å²) in [4.78, 5) is 0.351. The third kappa shape index (κ3) is 3.43. The molecule has 1 aromatic rings. The second-order valence-electron chi connectivity index (χ2n) is 6.37. The molecule has 1 aromatic carbocycles. The lowest BCUT2D eigenvalue weighted by Crippen LogP contribution is -2.31. The van der Waals surface area contributed by atoms with Gasteiger partial charge in [0.1, 0.15) is 0 Å². The quantitative estimate of drug-likeness (QED) is 0.816. The Bertz CT molecular complexity index is 585. The highest BCUT2D eigenvalue weighted by atomic mass is 35.5. The van der Waals surface area contributed by atoms with Crippen LogP contribution in [0.15, 0.2) is 29.2 Å². The van der Waals surface area contributed by atoms with Crippen LogP contribution in [0.4, 0.5) is 0 Å². The fraction of sp³-hybridized carbons (Fsp3) is 0.625. The van der Waals surface area contributed by atoms with Gasteiger partial charge in [0, 0.05) is 12.4 Å². The molecule has 116 valence electrons. The molecule has 2 saturated carbocycles. The molecule has 0 spiro atoms. The van der Waals surface area contributed by atoms with Crippen molar-refractivity contribution in [1.29, 1.82) is 0 Å². The predicted octanol–water partition coefficient (Wildman–Crippen LogP) is 3.18. The summed E-state index contributed by atoms with van der Waals surface area (Å²) in [5.41, 5.74) is 1.07. The van der Waals surface area contributed by atoms with Gasteiger partial charge >= 0.3 is 0 Å². The summed E-state index contributed by atoms with van der Waals surface area (Å²) in [6, 6.07) is 7.03. The van der Waals surface area contributed by atoms with Crippen LogP contribution in [0, 0.1) is 17.8 Å². The number of hydrogen-bond acceptors (Lipinski definition) is 2. The van der Waals surface area contributed by atoms with Crippen LogP contribution in [0.3, 0.4) is 0 Å². The lowest BCUT2D eigenvalue weighted by Gasteiger charge is -2.21. The Morgan fingerprint density at radius 3 is 2.48 bits per heavy atom. The largest absolute Gasteiger partial charge is 0.240 e. The fourth-order valence-corrected chi connectivity index (χ4v) is 5.18. The van der Waals surface area contributed by atoms with Gasteiger partial charge in [-0.3, -0.25) is 0 Å². The minimum atomic E-state index is -3.38. The van der Waals surface area contributed by atoms with Gasteiger partial charge < -0.3 is 0 Å². The van der Waals surface area contributed by atoms with Gasteiger partial charge in [-0.15, -0.1) is 11.6 Å². The highest BCUT2D eigenvalue weighted by Gasteiger charge is 2.39. The summed E-state index contributed by atoms with van der Waals surface area (Å²) in [7, 11) is -3.38. The van der Waals surface area contributed by atoms with Crippen LogP contribution in [0.1, 0.15) is 31.2 Å². The molecule has 2 aliphatic rings. The van der Waals surface area contributed by atoms with E-state index in [-0.39, 0.29) is 0 Å². The second-order valence-corrected chi connectivity index (χ2v) is 8.51. The summed E-state index contributed by atoms with van der Waals surface area (Å²) < 4.78 is 27.5. The van der Waals surface area contributed by atoms with Crippen molar-refractivity contribution in [3.8, 4) is 0 Å². The monoisotopic (exact) mass is 327 g/mol. The van der Waals surface area contributed by atoms with E-state index in [1.807, 2.05) is 12.1 Å². The van der Waals surface area contributed by atoms with Gasteiger partial charge in [-0.05, 0) is 61.1 Å². The number of halogens is 1. The first-order chi connectivity index (χ1) is 10.1. The number of sulfonamides is 1. The standard InChI is InChI=1S/C16H22ClNO2S/c17-8-7-12-2-5-16(6-3-12)21(19,20)18-11-15-10-13-1-4-14(15)9-13/h2-3,5-6,13-15,18H,1,4,7-11H2. The van der Waals surface area contributed by atoms with E-state index >= 15 is 0 Å². The third-order valence-electron chi connectivity index (χ3n) is 5.04. The van der Waals surface area contributed by atoms with Gasteiger partial charge in [-0.25, -0.2) is 13.1 Å². The lowest BCUT2D eigenvalue weighted by atomic mass is 9.89. The number of hydrogen-bond donors (Lipinski definition) is 1.